The summed E-state index contributed by atoms with van der Waals surface area (Å²) < 4.78 is 1.34. The fourth-order valence-corrected chi connectivity index (χ4v) is 5.42. The maximum Gasteiger partial charge on any atom is 0.330 e. The second kappa shape index (κ2) is 9.32. The lowest BCUT2D eigenvalue weighted by Crippen LogP contribution is -2.42. The van der Waals surface area contributed by atoms with Crippen LogP contribution in [0.3, 0.4) is 0 Å². The summed E-state index contributed by atoms with van der Waals surface area (Å²) in [5, 5.41) is 0.886. The van der Waals surface area contributed by atoms with E-state index in [4.69, 9.17) is 10.7 Å². The zero-order valence-corrected chi connectivity index (χ0v) is 21.2. The molecular weight excluding hydrogens is 452 g/mol. The molecule has 0 aromatic carbocycles. The molecule has 9 nitrogen and oxygen atoms in total. The Labute approximate surface area is 202 Å². The molecule has 0 unspecified atom stereocenters. The molecule has 3 N–H and O–H groups in total. The summed E-state index contributed by atoms with van der Waals surface area (Å²) in [5.41, 5.74) is 6.81. The van der Waals surface area contributed by atoms with E-state index < -0.39 is 11.2 Å². The first-order valence-corrected chi connectivity index (χ1v) is 12.7. The number of carbonyl (C=O) groups excluding carboxylic acids is 1. The summed E-state index contributed by atoms with van der Waals surface area (Å²) >= 11 is 1.32. The van der Waals surface area contributed by atoms with Gasteiger partial charge in [-0.05, 0) is 44.6 Å². The molecule has 0 radical (unpaired) electrons. The number of amides is 1. The number of aryl methyl sites for hydroxylation is 2. The molecular formula is C24H32N6O3S. The first-order valence-electron chi connectivity index (χ1n) is 11.9. The van der Waals surface area contributed by atoms with Gasteiger partial charge < -0.3 is 5.73 Å². The quantitative estimate of drug-likeness (QED) is 0.502. The number of nitrogen functional groups attached to an aromatic ring is 1. The molecule has 10 heteroatoms. The summed E-state index contributed by atoms with van der Waals surface area (Å²) in [4.78, 5) is 53.8. The Morgan fingerprint density at radius 3 is 2.59 bits per heavy atom. The van der Waals surface area contributed by atoms with E-state index in [1.54, 1.807) is 0 Å². The Kier molecular flexibility index (Phi) is 6.62. The summed E-state index contributed by atoms with van der Waals surface area (Å²) in [7, 11) is 0. The number of nitrogens with two attached hydrogens (primary N) is 1. The molecule has 34 heavy (non-hydrogen) atoms. The van der Waals surface area contributed by atoms with Crippen LogP contribution in [0, 0.1) is 19.8 Å². The molecule has 0 spiro atoms. The third kappa shape index (κ3) is 4.38. The third-order valence-electron chi connectivity index (χ3n) is 6.14. The first-order chi connectivity index (χ1) is 16.1. The Morgan fingerprint density at radius 1 is 1.26 bits per heavy atom. The lowest BCUT2D eigenvalue weighted by atomic mass is 10.1. The van der Waals surface area contributed by atoms with E-state index in [0.717, 1.165) is 53.0 Å². The molecule has 182 valence electrons. The van der Waals surface area contributed by atoms with E-state index in [1.807, 2.05) is 34.6 Å². The van der Waals surface area contributed by atoms with Crippen LogP contribution in [0.1, 0.15) is 79.1 Å². The number of H-pyrrole nitrogens is 1. The van der Waals surface area contributed by atoms with E-state index in [2.05, 4.69) is 9.97 Å². The lowest BCUT2D eigenvalue weighted by Gasteiger charge is -2.26. The van der Waals surface area contributed by atoms with Gasteiger partial charge in [0.1, 0.15) is 16.5 Å². The largest absolute Gasteiger partial charge is 0.383 e. The van der Waals surface area contributed by atoms with Crippen LogP contribution in [0.2, 0.25) is 0 Å². The number of carbonyl (C=O) groups is 1. The molecule has 0 saturated heterocycles. The van der Waals surface area contributed by atoms with Crippen LogP contribution in [0.25, 0.3) is 10.2 Å². The summed E-state index contributed by atoms with van der Waals surface area (Å²) in [6.45, 7) is 10.4. The second-order valence-corrected chi connectivity index (χ2v) is 10.5. The first kappa shape index (κ1) is 24.1. The van der Waals surface area contributed by atoms with Gasteiger partial charge in [-0.2, -0.15) is 0 Å². The van der Waals surface area contributed by atoms with Crippen LogP contribution in [0.5, 0.6) is 0 Å². The Hall–Kier alpha value is -3.01. The van der Waals surface area contributed by atoms with Gasteiger partial charge >= 0.3 is 5.69 Å². The van der Waals surface area contributed by atoms with Crippen molar-refractivity contribution < 1.29 is 4.79 Å². The van der Waals surface area contributed by atoms with Gasteiger partial charge in [-0.25, -0.2) is 14.8 Å². The maximum absolute atomic E-state index is 13.9. The fourth-order valence-electron chi connectivity index (χ4n) is 4.23. The van der Waals surface area contributed by atoms with Crippen LogP contribution in [0.15, 0.2) is 9.59 Å². The number of aromatic nitrogens is 4. The minimum absolute atomic E-state index is 0.0157. The molecule has 1 amide bonds. The fraction of sp³-hybridized carbons (Fsp3) is 0.542. The zero-order valence-electron chi connectivity index (χ0n) is 20.4. The Balaban J connectivity index is 1.85. The highest BCUT2D eigenvalue weighted by atomic mass is 32.1. The lowest BCUT2D eigenvalue weighted by molar-refractivity contribution is 0.0987. The highest BCUT2D eigenvalue weighted by Crippen LogP contribution is 2.40. The van der Waals surface area contributed by atoms with Crippen molar-refractivity contribution in [3.8, 4) is 0 Å². The molecule has 3 aromatic heterocycles. The van der Waals surface area contributed by atoms with Gasteiger partial charge in [0.15, 0.2) is 5.69 Å². The molecule has 1 saturated carbocycles. The van der Waals surface area contributed by atoms with Crippen molar-refractivity contribution in [2.45, 2.75) is 72.8 Å². The predicted octanol–water partition coefficient (Wildman–Crippen LogP) is 3.72. The number of nitrogens with zero attached hydrogens (tertiary/aromatic N) is 4. The normalized spacial score (nSPS) is 13.7. The van der Waals surface area contributed by atoms with E-state index in [0.29, 0.717) is 17.3 Å². The van der Waals surface area contributed by atoms with Crippen molar-refractivity contribution in [2.24, 2.45) is 5.92 Å². The van der Waals surface area contributed by atoms with Gasteiger partial charge in [-0.15, -0.1) is 11.3 Å². The number of aromatic amines is 1. The van der Waals surface area contributed by atoms with Crippen molar-refractivity contribution in [1.82, 2.24) is 19.5 Å². The maximum atomic E-state index is 13.9. The van der Waals surface area contributed by atoms with Crippen molar-refractivity contribution in [2.75, 3.05) is 17.2 Å². The van der Waals surface area contributed by atoms with Gasteiger partial charge in [0.2, 0.25) is 0 Å². The topological polar surface area (TPSA) is 127 Å². The highest BCUT2D eigenvalue weighted by molar-refractivity contribution is 7.20. The zero-order chi connectivity index (χ0) is 24.7. The molecule has 0 aliphatic heterocycles. The Morgan fingerprint density at radius 2 is 1.97 bits per heavy atom. The monoisotopic (exact) mass is 484 g/mol. The van der Waals surface area contributed by atoms with Crippen LogP contribution in [-0.2, 0) is 6.54 Å². The molecule has 1 fully saturated rings. The number of rotatable bonds is 8. The van der Waals surface area contributed by atoms with Gasteiger partial charge in [-0.3, -0.25) is 24.0 Å². The number of hydrogen-bond donors (Lipinski definition) is 2. The van der Waals surface area contributed by atoms with Crippen LogP contribution in [0.4, 0.5) is 11.5 Å². The standard InChI is InChI=1S/C24H32N6O3S/c1-6-7-10-29-19(25)17(21(31)28-24(29)33)30(11-12(2)3)23(32)18-13(4)16-14(5)26-20(15-8-9-15)27-22(16)34-18/h12,15H,6-11,25H2,1-5H3,(H,28,31,33). The van der Waals surface area contributed by atoms with Crippen LogP contribution in [-0.4, -0.2) is 32.0 Å². The molecule has 3 heterocycles. The number of thiophene rings is 1. The molecule has 1 aliphatic rings. The van der Waals surface area contributed by atoms with Crippen LogP contribution >= 0.6 is 11.3 Å². The van der Waals surface area contributed by atoms with Crippen LogP contribution < -0.4 is 21.9 Å². The average molecular weight is 485 g/mol. The summed E-state index contributed by atoms with van der Waals surface area (Å²) in [6, 6.07) is 0. The number of fused-ring (bicyclic) bond motifs is 1. The van der Waals surface area contributed by atoms with E-state index in [9.17, 15) is 14.4 Å². The van der Waals surface area contributed by atoms with Crippen molar-refractivity contribution in [3.05, 3.63) is 42.8 Å². The molecule has 0 atom stereocenters. The molecule has 1 aliphatic carbocycles. The third-order valence-corrected chi connectivity index (χ3v) is 7.31. The molecule has 4 rings (SSSR count). The van der Waals surface area contributed by atoms with Crippen molar-refractivity contribution in [1.29, 1.82) is 0 Å². The van der Waals surface area contributed by atoms with E-state index >= 15 is 0 Å². The summed E-state index contributed by atoms with van der Waals surface area (Å²) in [5.74, 6) is 1.01. The minimum Gasteiger partial charge on any atom is -0.383 e. The van der Waals surface area contributed by atoms with Gasteiger partial charge in [0.05, 0.1) is 10.6 Å². The Bertz CT molecular complexity index is 1370. The second-order valence-electron chi connectivity index (χ2n) is 9.49. The van der Waals surface area contributed by atoms with Gasteiger partial charge in [0.25, 0.3) is 11.5 Å². The van der Waals surface area contributed by atoms with Crippen molar-refractivity contribution >= 4 is 39.0 Å². The van der Waals surface area contributed by atoms with Gasteiger partial charge in [-0.1, -0.05) is 27.2 Å². The van der Waals surface area contributed by atoms with E-state index in [1.165, 1.54) is 20.8 Å². The predicted molar refractivity (Wildman–Crippen MR) is 136 cm³/mol. The highest BCUT2D eigenvalue weighted by Gasteiger charge is 2.31. The number of nitrogens with one attached hydrogen (secondary N) is 1. The van der Waals surface area contributed by atoms with E-state index in [-0.39, 0.29) is 29.9 Å². The number of hydrogen-bond acceptors (Lipinski definition) is 7. The number of unbranched alkanes of at least 4 members (excludes halogenated alkanes) is 1. The van der Waals surface area contributed by atoms with Crippen molar-refractivity contribution in [3.63, 3.8) is 0 Å². The molecule has 0 bridgehead atoms. The summed E-state index contributed by atoms with van der Waals surface area (Å²) in [6.07, 6.45) is 3.78. The average Bonchev–Trinajstić information content (AvgIpc) is 3.55. The smallest absolute Gasteiger partial charge is 0.330 e. The molecule has 3 aromatic rings. The number of anilines is 2. The SMILES string of the molecule is CCCCn1c(N)c(N(CC(C)C)C(=O)c2sc3nc(C4CC4)nc(C)c3c2C)c(=O)[nH]c1=O. The minimum atomic E-state index is -0.657. The van der Waals surface area contributed by atoms with Gasteiger partial charge in [0, 0.05) is 24.4 Å².